The molecular weight excluding hydrogens is 448 g/mol. The van der Waals surface area contributed by atoms with Crippen LogP contribution in [0.2, 0.25) is 0 Å². The second kappa shape index (κ2) is 10.4. The van der Waals surface area contributed by atoms with Crippen LogP contribution < -0.4 is 4.74 Å². The maximum atomic E-state index is 6.08. The van der Waals surface area contributed by atoms with E-state index in [0.717, 1.165) is 68.0 Å². The number of pyridine rings is 1. The number of hydrogen-bond donors (Lipinski definition) is 0. The van der Waals surface area contributed by atoms with Crippen molar-refractivity contribution in [1.82, 2.24) is 9.88 Å². The minimum atomic E-state index is -0.336. The van der Waals surface area contributed by atoms with Crippen LogP contribution in [-0.4, -0.2) is 48.5 Å². The zero-order valence-electron chi connectivity index (χ0n) is 20.5. The van der Waals surface area contributed by atoms with E-state index in [0.29, 0.717) is 12.5 Å². The van der Waals surface area contributed by atoms with E-state index in [1.807, 2.05) is 24.3 Å². The van der Waals surface area contributed by atoms with Gasteiger partial charge in [0.15, 0.2) is 5.79 Å². The van der Waals surface area contributed by atoms with Gasteiger partial charge in [-0.2, -0.15) is 0 Å². The molecule has 36 heavy (non-hydrogen) atoms. The second-order valence-electron chi connectivity index (χ2n) is 9.72. The van der Waals surface area contributed by atoms with Crippen molar-refractivity contribution in [3.05, 3.63) is 108 Å². The topological polar surface area (TPSA) is 43.8 Å². The predicted molar refractivity (Wildman–Crippen MR) is 141 cm³/mol. The Labute approximate surface area is 212 Å². The Morgan fingerprint density at radius 2 is 1.47 bits per heavy atom. The molecular formula is C31H32N2O3. The molecule has 5 nitrogen and oxygen atoms in total. The minimum absolute atomic E-state index is 0.293. The predicted octanol–water partition coefficient (Wildman–Crippen LogP) is 5.78. The van der Waals surface area contributed by atoms with Crippen molar-refractivity contribution in [3.63, 3.8) is 0 Å². The third-order valence-electron chi connectivity index (χ3n) is 7.40. The fourth-order valence-corrected chi connectivity index (χ4v) is 5.35. The molecule has 0 amide bonds. The molecule has 2 aliphatic heterocycles. The highest BCUT2D eigenvalue weighted by molar-refractivity contribution is 5.78. The fourth-order valence-electron chi connectivity index (χ4n) is 5.35. The van der Waals surface area contributed by atoms with Gasteiger partial charge in [-0.3, -0.25) is 0 Å². The van der Waals surface area contributed by atoms with Crippen LogP contribution in [0, 0.1) is 0 Å². The number of nitrogens with zero attached hydrogens (tertiary/aromatic N) is 2. The summed E-state index contributed by atoms with van der Waals surface area (Å²) < 4.78 is 17.9. The van der Waals surface area contributed by atoms with Gasteiger partial charge in [0, 0.05) is 43.8 Å². The smallest absolute Gasteiger partial charge is 0.170 e. The van der Waals surface area contributed by atoms with Crippen molar-refractivity contribution in [1.29, 1.82) is 0 Å². The average Bonchev–Trinajstić information content (AvgIpc) is 3.40. The Balaban J connectivity index is 1.13. The van der Waals surface area contributed by atoms with Gasteiger partial charge in [0.1, 0.15) is 12.4 Å². The molecule has 1 spiro atoms. The number of piperidine rings is 1. The normalized spacial score (nSPS) is 18.4. The highest BCUT2D eigenvalue weighted by atomic mass is 16.7. The van der Waals surface area contributed by atoms with E-state index in [1.54, 1.807) is 0 Å². The molecule has 5 heteroatoms. The molecule has 6 rings (SSSR count). The van der Waals surface area contributed by atoms with E-state index >= 15 is 0 Å². The summed E-state index contributed by atoms with van der Waals surface area (Å²) in [6.45, 7) is 4.84. The van der Waals surface area contributed by atoms with Crippen molar-refractivity contribution in [2.45, 2.75) is 31.2 Å². The Morgan fingerprint density at radius 1 is 0.778 bits per heavy atom. The molecule has 0 saturated carbocycles. The molecule has 0 radical (unpaired) electrons. The summed E-state index contributed by atoms with van der Waals surface area (Å²) >= 11 is 0. The third kappa shape index (κ3) is 5.14. The van der Waals surface area contributed by atoms with Crippen LogP contribution in [-0.2, 0) is 16.1 Å². The molecule has 2 aliphatic rings. The largest absolute Gasteiger partial charge is 0.487 e. The highest BCUT2D eigenvalue weighted by Crippen LogP contribution is 2.34. The maximum Gasteiger partial charge on any atom is 0.170 e. The molecule has 0 N–H and O–H groups in total. The van der Waals surface area contributed by atoms with Gasteiger partial charge in [-0.25, -0.2) is 4.98 Å². The van der Waals surface area contributed by atoms with Gasteiger partial charge in [0.05, 0.1) is 24.4 Å². The lowest BCUT2D eigenvalue weighted by Crippen LogP contribution is -2.46. The highest BCUT2D eigenvalue weighted by Gasteiger charge is 2.40. The standard InChI is InChI=1S/C31H32N2O3/c1-2-6-24(7-3-1)29(22-33-18-16-31(17-19-33)35-20-21-36-31)25-11-14-28(15-12-25)34-23-27-13-10-26-8-4-5-9-30(26)32-27/h1-15,29H,16-23H2/t29-/m1/s1. The van der Waals surface area contributed by atoms with Crippen molar-refractivity contribution < 1.29 is 14.2 Å². The molecule has 3 heterocycles. The molecule has 1 atom stereocenters. The molecule has 2 fully saturated rings. The van der Waals surface area contributed by atoms with E-state index in [-0.39, 0.29) is 5.79 Å². The zero-order chi connectivity index (χ0) is 24.2. The lowest BCUT2D eigenvalue weighted by Gasteiger charge is -2.39. The van der Waals surface area contributed by atoms with Crippen LogP contribution in [0.1, 0.15) is 35.6 Å². The third-order valence-corrected chi connectivity index (χ3v) is 7.40. The van der Waals surface area contributed by atoms with Crippen LogP contribution in [0.25, 0.3) is 10.9 Å². The summed E-state index contributed by atoms with van der Waals surface area (Å²) in [6.07, 6.45) is 1.87. The van der Waals surface area contributed by atoms with E-state index in [9.17, 15) is 0 Å². The van der Waals surface area contributed by atoms with E-state index in [4.69, 9.17) is 19.2 Å². The van der Waals surface area contributed by atoms with Gasteiger partial charge in [0.2, 0.25) is 0 Å². The number of likely N-dealkylation sites (tertiary alicyclic amines) is 1. The Hall–Kier alpha value is -3.25. The Morgan fingerprint density at radius 3 is 2.25 bits per heavy atom. The van der Waals surface area contributed by atoms with Crippen molar-refractivity contribution in [3.8, 4) is 5.75 Å². The van der Waals surface area contributed by atoms with Gasteiger partial charge in [-0.05, 0) is 35.4 Å². The van der Waals surface area contributed by atoms with Crippen molar-refractivity contribution in [2.75, 3.05) is 32.8 Å². The van der Waals surface area contributed by atoms with Gasteiger partial charge >= 0.3 is 0 Å². The molecule has 0 aliphatic carbocycles. The van der Waals surface area contributed by atoms with Crippen molar-refractivity contribution >= 4 is 10.9 Å². The van der Waals surface area contributed by atoms with Gasteiger partial charge in [-0.15, -0.1) is 0 Å². The Kier molecular flexibility index (Phi) is 6.69. The maximum absolute atomic E-state index is 6.08. The van der Waals surface area contributed by atoms with Gasteiger partial charge < -0.3 is 19.1 Å². The number of ether oxygens (including phenoxy) is 3. The van der Waals surface area contributed by atoms with Crippen LogP contribution >= 0.6 is 0 Å². The lowest BCUT2D eigenvalue weighted by atomic mass is 9.90. The first kappa shape index (κ1) is 23.2. The van der Waals surface area contributed by atoms with Crippen LogP contribution in [0.5, 0.6) is 5.75 Å². The minimum Gasteiger partial charge on any atom is -0.487 e. The van der Waals surface area contributed by atoms with Crippen molar-refractivity contribution in [2.24, 2.45) is 0 Å². The summed E-state index contributed by atoms with van der Waals surface area (Å²) in [6, 6.07) is 31.7. The van der Waals surface area contributed by atoms with Gasteiger partial charge in [0.25, 0.3) is 0 Å². The number of aromatic nitrogens is 1. The lowest BCUT2D eigenvalue weighted by molar-refractivity contribution is -0.185. The number of hydrogen-bond acceptors (Lipinski definition) is 5. The first-order valence-electron chi connectivity index (χ1n) is 12.9. The molecule has 184 valence electrons. The summed E-state index contributed by atoms with van der Waals surface area (Å²) in [5.41, 5.74) is 4.55. The molecule has 4 aromatic rings. The molecule has 0 bridgehead atoms. The quantitative estimate of drug-likeness (QED) is 0.335. The van der Waals surface area contributed by atoms with Gasteiger partial charge in [-0.1, -0.05) is 66.7 Å². The zero-order valence-corrected chi connectivity index (χ0v) is 20.5. The first-order valence-corrected chi connectivity index (χ1v) is 12.9. The summed E-state index contributed by atoms with van der Waals surface area (Å²) in [5.74, 6) is 0.815. The van der Waals surface area contributed by atoms with Crippen LogP contribution in [0.15, 0.2) is 91.0 Å². The monoisotopic (exact) mass is 480 g/mol. The van der Waals surface area contributed by atoms with Crippen LogP contribution in [0.3, 0.4) is 0 Å². The molecule has 1 aromatic heterocycles. The van der Waals surface area contributed by atoms with E-state index in [1.165, 1.54) is 11.1 Å². The average molecular weight is 481 g/mol. The molecule has 3 aromatic carbocycles. The SMILES string of the molecule is c1ccc([C@@H](CN2CCC3(CC2)OCCO3)c2ccc(OCc3ccc4ccccc4n3)cc2)cc1. The number of para-hydroxylation sites is 1. The summed E-state index contributed by atoms with van der Waals surface area (Å²) in [5, 5.41) is 1.14. The number of rotatable bonds is 7. The summed E-state index contributed by atoms with van der Waals surface area (Å²) in [7, 11) is 0. The van der Waals surface area contributed by atoms with E-state index < -0.39 is 0 Å². The fraction of sp³-hybridized carbons (Fsp3) is 0.323. The first-order chi connectivity index (χ1) is 17.8. The molecule has 2 saturated heterocycles. The van der Waals surface area contributed by atoms with Crippen LogP contribution in [0.4, 0.5) is 0 Å². The number of fused-ring (bicyclic) bond motifs is 1. The van der Waals surface area contributed by atoms with E-state index in [2.05, 4.69) is 71.6 Å². The number of benzene rings is 3. The Bertz CT molecular complexity index is 1280. The molecule has 0 unspecified atom stereocenters. The second-order valence-corrected chi connectivity index (χ2v) is 9.72. The summed E-state index contributed by atoms with van der Waals surface area (Å²) in [4.78, 5) is 7.26.